The molecule has 1 aromatic rings. The fraction of sp³-hybridized carbons (Fsp3) is 0.462. The van der Waals surface area contributed by atoms with Gasteiger partial charge in [-0.1, -0.05) is 26.8 Å². The van der Waals surface area contributed by atoms with Crippen molar-refractivity contribution in [1.82, 2.24) is 4.98 Å². The summed E-state index contributed by atoms with van der Waals surface area (Å²) in [6.07, 6.45) is 7.07. The van der Waals surface area contributed by atoms with Crippen LogP contribution in [0.25, 0.3) is 12.2 Å². The van der Waals surface area contributed by atoms with Crippen molar-refractivity contribution in [3.05, 3.63) is 22.8 Å². The molecule has 0 amide bonds. The van der Waals surface area contributed by atoms with Gasteiger partial charge in [0.1, 0.15) is 0 Å². The van der Waals surface area contributed by atoms with Crippen LogP contribution in [0.15, 0.2) is 12.3 Å². The molecule has 1 atom stereocenters. The van der Waals surface area contributed by atoms with E-state index in [1.165, 1.54) is 5.22 Å². The van der Waals surface area contributed by atoms with E-state index in [1.54, 1.807) is 0 Å². The predicted octanol–water partition coefficient (Wildman–Crippen LogP) is 1.66. The monoisotopic (exact) mass is 202 g/mol. The third kappa shape index (κ3) is 1.54. The van der Waals surface area contributed by atoms with Crippen molar-refractivity contribution in [2.45, 2.75) is 27.2 Å². The molecular weight excluding hydrogens is 184 g/mol. The number of nitrogens with one attached hydrogen (secondary N) is 2. The summed E-state index contributed by atoms with van der Waals surface area (Å²) >= 11 is 0. The smallest absolute Gasteiger partial charge is 0.0419 e. The second kappa shape index (κ2) is 3.37. The van der Waals surface area contributed by atoms with E-state index in [2.05, 4.69) is 44.0 Å². The lowest BCUT2D eigenvalue weighted by atomic mass is 9.74. The maximum Gasteiger partial charge on any atom is 0.0419 e. The quantitative estimate of drug-likeness (QED) is 0.695. The molecule has 0 bridgehead atoms. The normalized spacial score (nSPS) is 25.5. The third-order valence-corrected chi connectivity index (χ3v) is 3.63. The average molecular weight is 202 g/mol. The summed E-state index contributed by atoms with van der Waals surface area (Å²) < 4.78 is 0. The van der Waals surface area contributed by atoms with Gasteiger partial charge in [-0.2, -0.15) is 0 Å². The second-order valence-electron chi connectivity index (χ2n) is 4.82. The van der Waals surface area contributed by atoms with Gasteiger partial charge in [-0.05, 0) is 23.3 Å². The van der Waals surface area contributed by atoms with Gasteiger partial charge in [-0.15, -0.1) is 0 Å². The van der Waals surface area contributed by atoms with E-state index in [0.29, 0.717) is 5.92 Å². The van der Waals surface area contributed by atoms with E-state index in [-0.39, 0.29) is 5.41 Å². The predicted molar refractivity (Wildman–Crippen MR) is 64.3 cm³/mol. The van der Waals surface area contributed by atoms with Gasteiger partial charge >= 0.3 is 0 Å². The highest BCUT2D eigenvalue weighted by Crippen LogP contribution is 2.32. The lowest BCUT2D eigenvalue weighted by molar-refractivity contribution is 0.434. The van der Waals surface area contributed by atoms with Crippen molar-refractivity contribution in [3.63, 3.8) is 0 Å². The number of aromatic nitrogens is 1. The Morgan fingerprint density at radius 1 is 1.47 bits per heavy atom. The van der Waals surface area contributed by atoms with Gasteiger partial charge in [-0.25, -0.2) is 0 Å². The van der Waals surface area contributed by atoms with E-state index in [9.17, 15) is 0 Å². The Kier molecular flexibility index (Phi) is 2.29. The van der Waals surface area contributed by atoms with Crippen LogP contribution in [-0.4, -0.2) is 10.7 Å². The molecule has 0 aliphatic heterocycles. The van der Waals surface area contributed by atoms with Gasteiger partial charge in [0, 0.05) is 29.1 Å². The summed E-state index contributed by atoms with van der Waals surface area (Å²) in [4.78, 5) is 3.24. The Balaban J connectivity index is 2.67. The maximum absolute atomic E-state index is 8.15. The van der Waals surface area contributed by atoms with Gasteiger partial charge in [0.15, 0.2) is 0 Å². The van der Waals surface area contributed by atoms with E-state index in [0.717, 1.165) is 17.5 Å². The number of fused-ring (bicyclic) bond motifs is 1. The molecule has 0 saturated heterocycles. The van der Waals surface area contributed by atoms with Crippen molar-refractivity contribution < 1.29 is 0 Å². The number of hydrogen-bond donors (Lipinski definition) is 2. The summed E-state index contributed by atoms with van der Waals surface area (Å²) in [6.45, 7) is 6.52. The highest BCUT2D eigenvalue weighted by atomic mass is 14.7. The molecule has 2 nitrogen and oxygen atoms in total. The highest BCUT2D eigenvalue weighted by Gasteiger charge is 2.31. The molecule has 0 aromatic carbocycles. The van der Waals surface area contributed by atoms with Crippen molar-refractivity contribution in [2.75, 3.05) is 0 Å². The lowest BCUT2D eigenvalue weighted by Crippen LogP contribution is -2.32. The molecule has 1 heterocycles. The van der Waals surface area contributed by atoms with Gasteiger partial charge in [0.25, 0.3) is 0 Å². The van der Waals surface area contributed by atoms with E-state index in [4.69, 9.17) is 5.41 Å². The Morgan fingerprint density at radius 2 is 2.20 bits per heavy atom. The van der Waals surface area contributed by atoms with Crippen LogP contribution in [0.4, 0.5) is 0 Å². The second-order valence-corrected chi connectivity index (χ2v) is 4.82. The van der Waals surface area contributed by atoms with Gasteiger partial charge in [0.2, 0.25) is 0 Å². The molecule has 2 rings (SSSR count). The van der Waals surface area contributed by atoms with Gasteiger partial charge in [0.05, 0.1) is 0 Å². The zero-order valence-electron chi connectivity index (χ0n) is 9.59. The minimum absolute atomic E-state index is 0.118. The van der Waals surface area contributed by atoms with E-state index < -0.39 is 0 Å². The van der Waals surface area contributed by atoms with Crippen molar-refractivity contribution in [2.24, 2.45) is 11.3 Å². The molecule has 80 valence electrons. The maximum atomic E-state index is 8.15. The minimum Gasteiger partial charge on any atom is -0.361 e. The molecule has 2 heteroatoms. The Morgan fingerprint density at radius 3 is 2.87 bits per heavy atom. The third-order valence-electron chi connectivity index (χ3n) is 3.63. The van der Waals surface area contributed by atoms with Crippen LogP contribution < -0.4 is 10.6 Å². The van der Waals surface area contributed by atoms with Crippen LogP contribution in [-0.2, 0) is 0 Å². The Labute approximate surface area is 90.2 Å². The van der Waals surface area contributed by atoms with Crippen LogP contribution in [0, 0.1) is 16.7 Å². The average Bonchev–Trinajstić information content (AvgIpc) is 2.56. The first-order valence-electron chi connectivity index (χ1n) is 5.48. The van der Waals surface area contributed by atoms with Crippen molar-refractivity contribution in [1.29, 1.82) is 5.41 Å². The Hall–Kier alpha value is -1.31. The minimum atomic E-state index is -0.118. The van der Waals surface area contributed by atoms with Crippen molar-refractivity contribution in [3.8, 4) is 0 Å². The van der Waals surface area contributed by atoms with Crippen LogP contribution in [0.1, 0.15) is 27.2 Å². The van der Waals surface area contributed by atoms with Crippen LogP contribution in [0.3, 0.4) is 0 Å². The number of rotatable bonds is 1. The van der Waals surface area contributed by atoms with E-state index >= 15 is 0 Å². The summed E-state index contributed by atoms with van der Waals surface area (Å²) in [5, 5.41) is 10.5. The SMILES string of the molecule is CC(C)C1(C)C=c2[nH]ccc2=CCC1=N. The lowest BCUT2D eigenvalue weighted by Gasteiger charge is -2.30. The number of H-pyrrole nitrogens is 1. The standard InChI is InChI=1S/C13H18N2/c1-9(2)13(3)8-11-10(6-7-15-11)4-5-12(13)14/h4,6-9,14-15H,5H2,1-3H3. The fourth-order valence-electron chi connectivity index (χ4n) is 2.03. The van der Waals surface area contributed by atoms with Crippen LogP contribution in [0.2, 0.25) is 0 Å². The first-order chi connectivity index (χ1) is 7.04. The zero-order valence-corrected chi connectivity index (χ0v) is 9.59. The summed E-state index contributed by atoms with van der Waals surface area (Å²) in [6, 6.07) is 2.07. The molecule has 15 heavy (non-hydrogen) atoms. The highest BCUT2D eigenvalue weighted by molar-refractivity contribution is 5.96. The first kappa shape index (κ1) is 10.2. The van der Waals surface area contributed by atoms with Crippen LogP contribution >= 0.6 is 0 Å². The molecule has 1 unspecified atom stereocenters. The summed E-state index contributed by atoms with van der Waals surface area (Å²) in [7, 11) is 0. The number of aromatic amines is 1. The molecule has 2 N–H and O–H groups in total. The zero-order chi connectivity index (χ0) is 11.1. The Bertz CT molecular complexity index is 493. The van der Waals surface area contributed by atoms with Gasteiger partial charge < -0.3 is 10.4 Å². The number of hydrogen-bond acceptors (Lipinski definition) is 1. The van der Waals surface area contributed by atoms with Crippen molar-refractivity contribution >= 4 is 17.9 Å². The van der Waals surface area contributed by atoms with E-state index in [1.807, 2.05) is 6.20 Å². The summed E-state index contributed by atoms with van der Waals surface area (Å²) in [5.41, 5.74) is 0.689. The molecule has 1 aromatic heterocycles. The fourth-order valence-corrected chi connectivity index (χ4v) is 2.03. The molecule has 0 fully saturated rings. The molecule has 1 aliphatic rings. The first-order valence-corrected chi connectivity index (χ1v) is 5.48. The van der Waals surface area contributed by atoms with Crippen LogP contribution in [0.5, 0.6) is 0 Å². The van der Waals surface area contributed by atoms with Gasteiger partial charge in [-0.3, -0.25) is 0 Å². The topological polar surface area (TPSA) is 39.6 Å². The summed E-state index contributed by atoms with van der Waals surface area (Å²) in [5.74, 6) is 0.452. The molecule has 0 radical (unpaired) electrons. The molecule has 0 spiro atoms. The molecule has 0 saturated carbocycles. The molecular formula is C13H18N2. The molecule has 1 aliphatic carbocycles. The largest absolute Gasteiger partial charge is 0.361 e.